The Labute approximate surface area is 78.4 Å². The summed E-state index contributed by atoms with van der Waals surface area (Å²) in [4.78, 5) is 0. The number of nitrogens with two attached hydrogens (primary N) is 1. The molecule has 0 rings (SSSR count). The summed E-state index contributed by atoms with van der Waals surface area (Å²) in [5, 5.41) is 0. The standard InChI is InChI=1S/C8H19N.Li.H/c1-6(2)8(5,9)7(3)4;;/h6-7H,9H2,1-5H3;;/q;+1;-1. The van der Waals surface area contributed by atoms with E-state index in [1.807, 2.05) is 0 Å². The molecule has 58 valence electrons. The fraction of sp³-hybridized carbons (Fsp3) is 1.00. The zero-order valence-electron chi connectivity index (χ0n) is 9.23. The molecule has 2 N–H and O–H groups in total. The Bertz CT molecular complexity index is 82.1. The number of hydrogen-bond acceptors (Lipinski definition) is 1. The van der Waals surface area contributed by atoms with Crippen molar-refractivity contribution in [3.8, 4) is 0 Å². The molecule has 0 amide bonds. The van der Waals surface area contributed by atoms with Crippen molar-refractivity contribution < 1.29 is 20.3 Å². The van der Waals surface area contributed by atoms with Gasteiger partial charge in [0.15, 0.2) is 0 Å². The van der Waals surface area contributed by atoms with E-state index in [1.165, 1.54) is 0 Å². The largest absolute Gasteiger partial charge is 1.00 e. The summed E-state index contributed by atoms with van der Waals surface area (Å²) in [6.45, 7) is 10.8. The molecule has 10 heavy (non-hydrogen) atoms. The summed E-state index contributed by atoms with van der Waals surface area (Å²) in [6, 6.07) is 0. The van der Waals surface area contributed by atoms with Crippen LogP contribution in [0.4, 0.5) is 0 Å². The molecule has 2 heteroatoms. The summed E-state index contributed by atoms with van der Waals surface area (Å²) < 4.78 is 0. The summed E-state index contributed by atoms with van der Waals surface area (Å²) in [7, 11) is 0. The van der Waals surface area contributed by atoms with Crippen molar-refractivity contribution in [1.29, 1.82) is 0 Å². The molecule has 0 aliphatic rings. The molecule has 0 atom stereocenters. The second-order valence-corrected chi connectivity index (χ2v) is 3.68. The molecule has 0 heterocycles. The maximum atomic E-state index is 6.00. The molecule has 0 aliphatic carbocycles. The van der Waals surface area contributed by atoms with Gasteiger partial charge in [-0.2, -0.15) is 0 Å². The molecule has 0 radical (unpaired) electrons. The normalized spacial score (nSPS) is 12.0. The third-order valence-corrected chi connectivity index (χ3v) is 2.49. The molecule has 0 bridgehead atoms. The molecule has 0 saturated carbocycles. The van der Waals surface area contributed by atoms with E-state index in [2.05, 4.69) is 34.6 Å². The molecule has 0 aliphatic heterocycles. The Hall–Kier alpha value is 0.557. The molecular formula is C8H20LiN. The minimum atomic E-state index is 0. The molecular weight excluding hydrogens is 117 g/mol. The molecule has 0 fully saturated rings. The third-order valence-electron chi connectivity index (χ3n) is 2.49. The first-order chi connectivity index (χ1) is 3.89. The van der Waals surface area contributed by atoms with Crippen LogP contribution in [0.1, 0.15) is 36.0 Å². The van der Waals surface area contributed by atoms with E-state index in [4.69, 9.17) is 5.73 Å². The van der Waals surface area contributed by atoms with Crippen molar-refractivity contribution in [2.24, 2.45) is 17.6 Å². The van der Waals surface area contributed by atoms with Gasteiger partial charge < -0.3 is 7.16 Å². The van der Waals surface area contributed by atoms with Gasteiger partial charge in [-0.15, -0.1) is 0 Å². The average molecular weight is 137 g/mol. The van der Waals surface area contributed by atoms with E-state index in [1.54, 1.807) is 0 Å². The van der Waals surface area contributed by atoms with Crippen LogP contribution in [-0.4, -0.2) is 5.54 Å². The van der Waals surface area contributed by atoms with Crippen molar-refractivity contribution in [1.82, 2.24) is 0 Å². The SMILES string of the molecule is CC(C)C(C)(N)C(C)C.[H-].[Li+]. The molecule has 0 saturated heterocycles. The van der Waals surface area contributed by atoms with Crippen LogP contribution in [-0.2, 0) is 0 Å². The van der Waals surface area contributed by atoms with E-state index in [9.17, 15) is 0 Å². The second kappa shape index (κ2) is 4.44. The van der Waals surface area contributed by atoms with Gasteiger partial charge in [0.25, 0.3) is 0 Å². The summed E-state index contributed by atoms with van der Waals surface area (Å²) in [6.07, 6.45) is 0. The Balaban J connectivity index is -0.000000320. The third kappa shape index (κ3) is 3.10. The van der Waals surface area contributed by atoms with Crippen molar-refractivity contribution >= 4 is 0 Å². The predicted octanol–water partition coefficient (Wildman–Crippen LogP) is -0.868. The quantitative estimate of drug-likeness (QED) is 0.492. The van der Waals surface area contributed by atoms with Gasteiger partial charge in [-0.3, -0.25) is 0 Å². The van der Waals surface area contributed by atoms with Gasteiger partial charge in [-0.1, -0.05) is 27.7 Å². The Kier molecular flexibility index (Phi) is 5.84. The first kappa shape index (κ1) is 13.2. The zero-order valence-corrected chi connectivity index (χ0v) is 8.23. The minimum absolute atomic E-state index is 0. The maximum absolute atomic E-state index is 6.00. The van der Waals surface area contributed by atoms with E-state index in [-0.39, 0.29) is 25.8 Å². The van der Waals surface area contributed by atoms with Gasteiger partial charge in [-0.25, -0.2) is 0 Å². The van der Waals surface area contributed by atoms with Crippen LogP contribution < -0.4 is 24.6 Å². The maximum Gasteiger partial charge on any atom is 1.00 e. The molecule has 1 nitrogen and oxygen atoms in total. The van der Waals surface area contributed by atoms with Gasteiger partial charge in [0, 0.05) is 5.54 Å². The Morgan fingerprint density at radius 3 is 1.30 bits per heavy atom. The predicted molar refractivity (Wildman–Crippen MR) is 43.4 cm³/mol. The first-order valence-electron chi connectivity index (χ1n) is 3.68. The van der Waals surface area contributed by atoms with E-state index >= 15 is 0 Å². The van der Waals surface area contributed by atoms with Crippen molar-refractivity contribution in [3.05, 3.63) is 0 Å². The monoisotopic (exact) mass is 137 g/mol. The summed E-state index contributed by atoms with van der Waals surface area (Å²) in [5.41, 5.74) is 6.00. The van der Waals surface area contributed by atoms with Crippen LogP contribution >= 0.6 is 0 Å². The average Bonchev–Trinajstić information content (AvgIpc) is 1.65. The van der Waals surface area contributed by atoms with Crippen LogP contribution in [0.3, 0.4) is 0 Å². The minimum Gasteiger partial charge on any atom is -1.00 e. The van der Waals surface area contributed by atoms with Crippen LogP contribution in [0.2, 0.25) is 0 Å². The van der Waals surface area contributed by atoms with Crippen LogP contribution in [0.15, 0.2) is 0 Å². The second-order valence-electron chi connectivity index (χ2n) is 3.68. The molecule has 0 unspecified atom stereocenters. The molecule has 0 aromatic carbocycles. The van der Waals surface area contributed by atoms with E-state index in [0.717, 1.165) is 0 Å². The smallest absolute Gasteiger partial charge is 1.00 e. The number of rotatable bonds is 2. The van der Waals surface area contributed by atoms with Crippen LogP contribution in [0.25, 0.3) is 0 Å². The molecule has 0 spiro atoms. The summed E-state index contributed by atoms with van der Waals surface area (Å²) >= 11 is 0. The van der Waals surface area contributed by atoms with Crippen molar-refractivity contribution in [2.45, 2.75) is 40.2 Å². The Morgan fingerprint density at radius 1 is 1.10 bits per heavy atom. The van der Waals surface area contributed by atoms with Crippen LogP contribution in [0.5, 0.6) is 0 Å². The fourth-order valence-corrected chi connectivity index (χ4v) is 0.667. The topological polar surface area (TPSA) is 26.0 Å². The van der Waals surface area contributed by atoms with Gasteiger partial charge in [0.05, 0.1) is 0 Å². The van der Waals surface area contributed by atoms with Gasteiger partial charge in [-0.05, 0) is 18.8 Å². The molecule has 0 aromatic rings. The first-order valence-corrected chi connectivity index (χ1v) is 3.68. The van der Waals surface area contributed by atoms with Crippen molar-refractivity contribution in [2.75, 3.05) is 0 Å². The fourth-order valence-electron chi connectivity index (χ4n) is 0.667. The summed E-state index contributed by atoms with van der Waals surface area (Å²) in [5.74, 6) is 1.13. The Morgan fingerprint density at radius 2 is 1.30 bits per heavy atom. The van der Waals surface area contributed by atoms with Gasteiger partial charge in [0.2, 0.25) is 0 Å². The van der Waals surface area contributed by atoms with Crippen molar-refractivity contribution in [3.63, 3.8) is 0 Å². The number of hydrogen-bond donors (Lipinski definition) is 1. The van der Waals surface area contributed by atoms with E-state index < -0.39 is 0 Å². The molecule has 0 aromatic heterocycles. The van der Waals surface area contributed by atoms with Gasteiger partial charge >= 0.3 is 18.9 Å². The zero-order chi connectivity index (χ0) is 7.65. The van der Waals surface area contributed by atoms with Crippen LogP contribution in [0, 0.1) is 11.8 Å². The van der Waals surface area contributed by atoms with E-state index in [0.29, 0.717) is 11.8 Å². The van der Waals surface area contributed by atoms with Gasteiger partial charge in [0.1, 0.15) is 0 Å².